The second kappa shape index (κ2) is 9.21. The summed E-state index contributed by atoms with van der Waals surface area (Å²) < 4.78 is 0. The minimum absolute atomic E-state index is 0.0215. The summed E-state index contributed by atoms with van der Waals surface area (Å²) in [5, 5.41) is 11.4. The van der Waals surface area contributed by atoms with Crippen molar-refractivity contribution in [1.29, 1.82) is 0 Å². The summed E-state index contributed by atoms with van der Waals surface area (Å²) >= 11 is 1.66. The Labute approximate surface area is 173 Å². The van der Waals surface area contributed by atoms with Gasteiger partial charge in [-0.1, -0.05) is 24.3 Å². The second-order valence-corrected chi connectivity index (χ2v) is 7.59. The molecule has 0 unspecified atom stereocenters. The molecule has 2 aromatic heterocycles. The Morgan fingerprint density at radius 2 is 1.90 bits per heavy atom. The van der Waals surface area contributed by atoms with Crippen LogP contribution in [0.2, 0.25) is 0 Å². The minimum atomic E-state index is 0.0215. The molecular weight excluding hydrogens is 380 g/mol. The maximum absolute atomic E-state index is 12.1. The third-order valence-corrected chi connectivity index (χ3v) is 5.31. The van der Waals surface area contributed by atoms with Crippen molar-refractivity contribution in [2.24, 2.45) is 0 Å². The zero-order valence-electron chi connectivity index (χ0n) is 15.7. The Morgan fingerprint density at radius 1 is 1.03 bits per heavy atom. The predicted molar refractivity (Wildman–Crippen MR) is 120 cm³/mol. The van der Waals surface area contributed by atoms with Gasteiger partial charge in [0.25, 0.3) is 0 Å². The van der Waals surface area contributed by atoms with E-state index in [9.17, 15) is 4.79 Å². The summed E-state index contributed by atoms with van der Waals surface area (Å²) in [6.07, 6.45) is 6.14. The number of benzene rings is 2. The van der Waals surface area contributed by atoms with Crippen LogP contribution in [-0.4, -0.2) is 26.8 Å². The molecule has 2 N–H and O–H groups in total. The largest absolute Gasteiger partial charge is 0.326 e. The summed E-state index contributed by atoms with van der Waals surface area (Å²) in [6, 6.07) is 21.5. The average Bonchev–Trinajstić information content (AvgIpc) is 3.16. The van der Waals surface area contributed by atoms with Crippen LogP contribution in [0.25, 0.3) is 23.1 Å². The van der Waals surface area contributed by atoms with Crippen molar-refractivity contribution in [1.82, 2.24) is 15.2 Å². The maximum atomic E-state index is 12.1. The minimum Gasteiger partial charge on any atom is -0.326 e. The molecule has 0 bridgehead atoms. The molecule has 1 amide bonds. The van der Waals surface area contributed by atoms with Crippen molar-refractivity contribution in [2.45, 2.75) is 11.3 Å². The van der Waals surface area contributed by atoms with Crippen LogP contribution < -0.4 is 5.32 Å². The third-order valence-electron chi connectivity index (χ3n) is 4.32. The van der Waals surface area contributed by atoms with Gasteiger partial charge in [-0.2, -0.15) is 5.10 Å². The fourth-order valence-corrected chi connectivity index (χ4v) is 3.77. The number of carbonyl (C=O) groups excluding carboxylic acids is 1. The number of carbonyl (C=O) groups is 1. The molecular formula is C23H20N4OS. The first kappa shape index (κ1) is 19.0. The topological polar surface area (TPSA) is 70.7 Å². The second-order valence-electron chi connectivity index (χ2n) is 6.42. The number of amides is 1. The maximum Gasteiger partial charge on any atom is 0.225 e. The molecule has 0 fully saturated rings. The molecule has 144 valence electrons. The fourth-order valence-electron chi connectivity index (χ4n) is 2.88. The number of aromatic nitrogens is 3. The number of para-hydroxylation sites is 1. The lowest BCUT2D eigenvalue weighted by Crippen LogP contribution is -2.11. The van der Waals surface area contributed by atoms with Crippen LogP contribution in [0.3, 0.4) is 0 Å². The highest BCUT2D eigenvalue weighted by Crippen LogP contribution is 2.25. The van der Waals surface area contributed by atoms with Gasteiger partial charge in [-0.05, 0) is 54.6 Å². The first-order valence-corrected chi connectivity index (χ1v) is 10.3. The Kier molecular flexibility index (Phi) is 6.02. The van der Waals surface area contributed by atoms with E-state index >= 15 is 0 Å². The quantitative estimate of drug-likeness (QED) is 0.416. The van der Waals surface area contributed by atoms with Gasteiger partial charge < -0.3 is 5.32 Å². The lowest BCUT2D eigenvalue weighted by molar-refractivity contribution is -0.115. The number of nitrogens with one attached hydrogen (secondary N) is 2. The van der Waals surface area contributed by atoms with Crippen LogP contribution in [-0.2, 0) is 4.79 Å². The van der Waals surface area contributed by atoms with Crippen LogP contribution in [0.1, 0.15) is 17.8 Å². The van der Waals surface area contributed by atoms with Gasteiger partial charge in [0, 0.05) is 34.3 Å². The van der Waals surface area contributed by atoms with Crippen molar-refractivity contribution in [2.75, 3.05) is 11.1 Å². The number of fused-ring (bicyclic) bond motifs is 1. The van der Waals surface area contributed by atoms with Crippen LogP contribution in [0, 0.1) is 0 Å². The Balaban J connectivity index is 1.35. The van der Waals surface area contributed by atoms with Gasteiger partial charge in [-0.3, -0.25) is 14.9 Å². The molecule has 0 atom stereocenters. The molecule has 4 aromatic rings. The monoisotopic (exact) mass is 400 g/mol. The lowest BCUT2D eigenvalue weighted by Gasteiger charge is -2.05. The number of aromatic amines is 1. The predicted octanol–water partition coefficient (Wildman–Crippen LogP) is 5.25. The first-order valence-electron chi connectivity index (χ1n) is 9.33. The van der Waals surface area contributed by atoms with E-state index in [1.165, 1.54) is 0 Å². The van der Waals surface area contributed by atoms with E-state index in [1.807, 2.05) is 60.7 Å². The zero-order valence-corrected chi connectivity index (χ0v) is 16.5. The van der Waals surface area contributed by atoms with Crippen molar-refractivity contribution in [3.05, 3.63) is 84.3 Å². The van der Waals surface area contributed by atoms with Gasteiger partial charge in [-0.25, -0.2) is 0 Å². The summed E-state index contributed by atoms with van der Waals surface area (Å²) in [6.45, 7) is 0. The SMILES string of the molecule is O=C(CCSc1ccc2c(/C=C/c3ccccn3)n[nH]c2c1)Nc1ccccc1. The van der Waals surface area contributed by atoms with Crippen molar-refractivity contribution >= 4 is 46.4 Å². The van der Waals surface area contributed by atoms with E-state index in [4.69, 9.17) is 0 Å². The number of hydrogen-bond donors (Lipinski definition) is 2. The third kappa shape index (κ3) is 5.12. The lowest BCUT2D eigenvalue weighted by atomic mass is 10.2. The van der Waals surface area contributed by atoms with Gasteiger partial charge >= 0.3 is 0 Å². The summed E-state index contributed by atoms with van der Waals surface area (Å²) in [7, 11) is 0. The highest BCUT2D eigenvalue weighted by Gasteiger charge is 2.06. The Morgan fingerprint density at radius 3 is 2.72 bits per heavy atom. The number of nitrogens with zero attached hydrogens (tertiary/aromatic N) is 2. The van der Waals surface area contributed by atoms with E-state index in [2.05, 4.69) is 38.7 Å². The molecule has 0 aliphatic rings. The van der Waals surface area contributed by atoms with Gasteiger partial charge in [0.15, 0.2) is 0 Å². The van der Waals surface area contributed by atoms with Gasteiger partial charge in [0.05, 0.1) is 16.9 Å². The average molecular weight is 401 g/mol. The number of hydrogen-bond acceptors (Lipinski definition) is 4. The normalized spacial score (nSPS) is 11.2. The molecule has 0 aliphatic carbocycles. The van der Waals surface area contributed by atoms with Crippen molar-refractivity contribution in [3.8, 4) is 0 Å². The van der Waals surface area contributed by atoms with Crippen molar-refractivity contribution in [3.63, 3.8) is 0 Å². The molecule has 2 heterocycles. The van der Waals surface area contributed by atoms with Crippen LogP contribution in [0.4, 0.5) is 5.69 Å². The summed E-state index contributed by atoms with van der Waals surface area (Å²) in [5.74, 6) is 0.735. The highest BCUT2D eigenvalue weighted by atomic mass is 32.2. The van der Waals surface area contributed by atoms with E-state index in [0.717, 1.165) is 32.9 Å². The van der Waals surface area contributed by atoms with Gasteiger partial charge in [0.2, 0.25) is 5.91 Å². The summed E-state index contributed by atoms with van der Waals surface area (Å²) in [5.41, 5.74) is 3.58. The molecule has 6 heteroatoms. The number of rotatable bonds is 7. The molecule has 29 heavy (non-hydrogen) atoms. The number of anilines is 1. The molecule has 5 nitrogen and oxygen atoms in total. The molecule has 0 spiro atoms. The van der Waals surface area contributed by atoms with E-state index in [-0.39, 0.29) is 5.91 Å². The van der Waals surface area contributed by atoms with E-state index in [0.29, 0.717) is 12.2 Å². The molecule has 2 aromatic carbocycles. The van der Waals surface area contributed by atoms with Gasteiger partial charge in [0.1, 0.15) is 0 Å². The Bertz CT molecular complexity index is 1120. The Hall–Kier alpha value is -3.38. The van der Waals surface area contributed by atoms with Crippen molar-refractivity contribution < 1.29 is 4.79 Å². The fraction of sp³-hybridized carbons (Fsp3) is 0.0870. The standard InChI is InChI=1S/C23H20N4OS/c28-23(25-18-7-2-1-3-8-18)13-15-29-19-10-11-20-21(26-27-22(20)16-19)12-9-17-6-4-5-14-24-17/h1-12,14,16H,13,15H2,(H,25,28)(H,26,27)/b12-9+. The smallest absolute Gasteiger partial charge is 0.225 e. The molecule has 0 saturated heterocycles. The van der Waals surface area contributed by atoms with Gasteiger partial charge in [-0.15, -0.1) is 11.8 Å². The molecule has 0 saturated carbocycles. The first-order chi connectivity index (χ1) is 14.3. The van der Waals surface area contributed by atoms with Crippen LogP contribution >= 0.6 is 11.8 Å². The molecule has 0 radical (unpaired) electrons. The summed E-state index contributed by atoms with van der Waals surface area (Å²) in [4.78, 5) is 17.4. The highest BCUT2D eigenvalue weighted by molar-refractivity contribution is 7.99. The number of pyridine rings is 1. The van der Waals surface area contributed by atoms with Crippen LogP contribution in [0.15, 0.2) is 77.8 Å². The van der Waals surface area contributed by atoms with Crippen LogP contribution in [0.5, 0.6) is 0 Å². The number of thioether (sulfide) groups is 1. The molecule has 0 aliphatic heterocycles. The molecule has 4 rings (SSSR count). The van der Waals surface area contributed by atoms with E-state index < -0.39 is 0 Å². The zero-order chi connectivity index (χ0) is 19.9. The number of H-pyrrole nitrogens is 1. The van der Waals surface area contributed by atoms with E-state index in [1.54, 1.807) is 18.0 Å².